The van der Waals surface area contributed by atoms with Gasteiger partial charge in [-0.1, -0.05) is 30.5 Å². The first-order chi connectivity index (χ1) is 11.9. The number of carbonyl (C=O) groups is 1. The molecule has 2 N–H and O–H groups in total. The third-order valence-electron chi connectivity index (χ3n) is 4.60. The molecule has 0 radical (unpaired) electrons. The molecule has 25 heavy (non-hydrogen) atoms. The Bertz CT molecular complexity index is 653. The maximum Gasteiger partial charge on any atom is 0.241 e. The van der Waals surface area contributed by atoms with E-state index >= 15 is 0 Å². The molecule has 140 valence electrons. The Labute approximate surface area is 155 Å². The predicted octanol–water partition coefficient (Wildman–Crippen LogP) is 2.70. The normalized spacial score (nSPS) is 16.7. The van der Waals surface area contributed by atoms with Crippen molar-refractivity contribution < 1.29 is 13.2 Å². The summed E-state index contributed by atoms with van der Waals surface area (Å²) in [6.45, 7) is 2.54. The quantitative estimate of drug-likeness (QED) is 0.686. The number of amides is 1. The van der Waals surface area contributed by atoms with Crippen molar-refractivity contribution in [1.29, 1.82) is 0 Å². The zero-order valence-electron chi connectivity index (χ0n) is 15.0. The second kappa shape index (κ2) is 9.59. The van der Waals surface area contributed by atoms with E-state index in [1.165, 1.54) is 12.8 Å². The maximum absolute atomic E-state index is 12.6. The molecule has 1 aliphatic carbocycles. The fourth-order valence-corrected chi connectivity index (χ4v) is 4.74. The highest BCUT2D eigenvalue weighted by Gasteiger charge is 2.26. The van der Waals surface area contributed by atoms with Crippen LogP contribution in [0.15, 0.2) is 29.2 Å². The van der Waals surface area contributed by atoms with Gasteiger partial charge in [-0.05, 0) is 56.2 Å². The van der Waals surface area contributed by atoms with Gasteiger partial charge in [0, 0.05) is 6.54 Å². The summed E-state index contributed by atoms with van der Waals surface area (Å²) >= 11 is 1.60. The van der Waals surface area contributed by atoms with E-state index in [2.05, 4.69) is 10.0 Å². The first-order valence-corrected chi connectivity index (χ1v) is 11.7. The first-order valence-electron chi connectivity index (χ1n) is 8.78. The van der Waals surface area contributed by atoms with Crippen LogP contribution in [0.2, 0.25) is 0 Å². The third-order valence-corrected chi connectivity index (χ3v) is 6.73. The maximum atomic E-state index is 12.6. The Morgan fingerprint density at radius 2 is 1.88 bits per heavy atom. The Kier molecular flexibility index (Phi) is 7.78. The van der Waals surface area contributed by atoms with Crippen molar-refractivity contribution in [2.75, 3.05) is 18.6 Å². The van der Waals surface area contributed by atoms with Crippen molar-refractivity contribution in [3.63, 3.8) is 0 Å². The molecule has 1 fully saturated rings. The lowest BCUT2D eigenvalue weighted by Gasteiger charge is -2.19. The van der Waals surface area contributed by atoms with Crippen LogP contribution in [0.25, 0.3) is 0 Å². The molecule has 7 heteroatoms. The molecule has 0 aliphatic heterocycles. The fourth-order valence-electron chi connectivity index (χ4n) is 3.03. The highest BCUT2D eigenvalue weighted by Crippen LogP contribution is 2.23. The smallest absolute Gasteiger partial charge is 0.241 e. The van der Waals surface area contributed by atoms with Crippen LogP contribution in [-0.2, 0) is 14.8 Å². The van der Waals surface area contributed by atoms with Crippen molar-refractivity contribution in [3.8, 4) is 0 Å². The van der Waals surface area contributed by atoms with Crippen LogP contribution < -0.4 is 10.0 Å². The summed E-state index contributed by atoms with van der Waals surface area (Å²) in [5, 5.41) is 2.94. The minimum Gasteiger partial charge on any atom is -0.354 e. The molecule has 1 aliphatic rings. The number of thioether (sulfide) groups is 1. The van der Waals surface area contributed by atoms with E-state index in [1.807, 2.05) is 13.2 Å². The molecule has 0 spiro atoms. The minimum atomic E-state index is -3.71. The Balaban J connectivity index is 2.02. The molecule has 1 unspecified atom stereocenters. The highest BCUT2D eigenvalue weighted by molar-refractivity contribution is 7.98. The Morgan fingerprint density at radius 1 is 1.24 bits per heavy atom. The Hall–Kier alpha value is -1.05. The summed E-state index contributed by atoms with van der Waals surface area (Å²) in [5.41, 5.74) is 0.993. The van der Waals surface area contributed by atoms with E-state index in [1.54, 1.807) is 36.0 Å². The van der Waals surface area contributed by atoms with E-state index in [4.69, 9.17) is 0 Å². The van der Waals surface area contributed by atoms with Crippen LogP contribution in [0.1, 0.15) is 37.7 Å². The van der Waals surface area contributed by atoms with Crippen molar-refractivity contribution in [2.45, 2.75) is 50.0 Å². The van der Waals surface area contributed by atoms with Gasteiger partial charge >= 0.3 is 0 Å². The molecule has 0 bridgehead atoms. The zero-order valence-corrected chi connectivity index (χ0v) is 16.6. The number of nitrogens with one attached hydrogen (secondary N) is 2. The molecule has 1 amide bonds. The average Bonchev–Trinajstić information content (AvgIpc) is 3.10. The number of hydrogen-bond acceptors (Lipinski definition) is 4. The predicted molar refractivity (Wildman–Crippen MR) is 103 cm³/mol. The minimum absolute atomic E-state index is 0.191. The summed E-state index contributed by atoms with van der Waals surface area (Å²) in [5.74, 6) is 1.02. The number of carbonyl (C=O) groups excluding carboxylic acids is 1. The number of aryl methyl sites for hydroxylation is 1. The highest BCUT2D eigenvalue weighted by atomic mass is 32.2. The second-order valence-electron chi connectivity index (χ2n) is 6.66. The average molecular weight is 385 g/mol. The summed E-state index contributed by atoms with van der Waals surface area (Å²) in [4.78, 5) is 12.7. The number of hydrogen-bond donors (Lipinski definition) is 2. The second-order valence-corrected chi connectivity index (χ2v) is 9.36. The van der Waals surface area contributed by atoms with Crippen molar-refractivity contribution in [2.24, 2.45) is 5.92 Å². The van der Waals surface area contributed by atoms with Gasteiger partial charge in [-0.25, -0.2) is 8.42 Å². The molecule has 1 saturated carbocycles. The standard InChI is InChI=1S/C18H28N2O3S2/c1-14-7-9-16(10-8-14)25(22,23)20-17(11-12-24-2)18(21)19-13-15-5-3-4-6-15/h7-10,15,17,20H,3-6,11-13H2,1-2H3,(H,19,21). The van der Waals surface area contributed by atoms with Gasteiger partial charge in [0.2, 0.25) is 15.9 Å². The largest absolute Gasteiger partial charge is 0.354 e. The van der Waals surface area contributed by atoms with Gasteiger partial charge < -0.3 is 5.32 Å². The molecule has 1 atom stereocenters. The molecule has 1 aromatic rings. The van der Waals surface area contributed by atoms with Crippen LogP contribution in [0, 0.1) is 12.8 Å². The van der Waals surface area contributed by atoms with Gasteiger partial charge in [-0.3, -0.25) is 4.79 Å². The van der Waals surface area contributed by atoms with E-state index in [0.29, 0.717) is 18.9 Å². The lowest BCUT2D eigenvalue weighted by molar-refractivity contribution is -0.122. The van der Waals surface area contributed by atoms with Crippen LogP contribution in [0.5, 0.6) is 0 Å². The van der Waals surface area contributed by atoms with Crippen LogP contribution in [-0.4, -0.2) is 38.9 Å². The fraction of sp³-hybridized carbons (Fsp3) is 0.611. The van der Waals surface area contributed by atoms with E-state index < -0.39 is 16.1 Å². The van der Waals surface area contributed by atoms with Gasteiger partial charge in [0.25, 0.3) is 0 Å². The van der Waals surface area contributed by atoms with Crippen LogP contribution >= 0.6 is 11.8 Å². The van der Waals surface area contributed by atoms with Crippen LogP contribution in [0.4, 0.5) is 0 Å². The van der Waals surface area contributed by atoms with Crippen molar-refractivity contribution in [1.82, 2.24) is 10.0 Å². The van der Waals surface area contributed by atoms with E-state index in [9.17, 15) is 13.2 Å². The van der Waals surface area contributed by atoms with Gasteiger partial charge in [0.1, 0.15) is 6.04 Å². The zero-order chi connectivity index (χ0) is 18.3. The monoisotopic (exact) mass is 384 g/mol. The molecule has 0 saturated heterocycles. The molecular weight excluding hydrogens is 356 g/mol. The molecule has 5 nitrogen and oxygen atoms in total. The molecule has 0 aromatic heterocycles. The first kappa shape index (κ1) is 20.3. The lowest BCUT2D eigenvalue weighted by Crippen LogP contribution is -2.47. The van der Waals surface area contributed by atoms with Gasteiger partial charge in [0.15, 0.2) is 0 Å². The topological polar surface area (TPSA) is 75.3 Å². The van der Waals surface area contributed by atoms with Gasteiger partial charge in [-0.15, -0.1) is 0 Å². The molecule has 1 aromatic carbocycles. The number of sulfonamides is 1. The number of benzene rings is 1. The van der Waals surface area contributed by atoms with E-state index in [-0.39, 0.29) is 10.8 Å². The SMILES string of the molecule is CSCCC(NS(=O)(=O)c1ccc(C)cc1)C(=O)NCC1CCCC1. The molecule has 0 heterocycles. The van der Waals surface area contributed by atoms with Crippen molar-refractivity contribution >= 4 is 27.7 Å². The molecule has 2 rings (SSSR count). The summed E-state index contributed by atoms with van der Waals surface area (Å²) < 4.78 is 27.8. The van der Waals surface area contributed by atoms with Gasteiger partial charge in [0.05, 0.1) is 4.90 Å². The summed E-state index contributed by atoms with van der Waals surface area (Å²) in [7, 11) is -3.71. The summed E-state index contributed by atoms with van der Waals surface area (Å²) in [6, 6.07) is 5.91. The third kappa shape index (κ3) is 6.31. The summed E-state index contributed by atoms with van der Waals surface area (Å²) in [6.07, 6.45) is 7.15. The Morgan fingerprint density at radius 3 is 2.48 bits per heavy atom. The number of rotatable bonds is 9. The lowest BCUT2D eigenvalue weighted by atomic mass is 10.1. The van der Waals surface area contributed by atoms with Gasteiger partial charge in [-0.2, -0.15) is 16.5 Å². The van der Waals surface area contributed by atoms with Crippen LogP contribution in [0.3, 0.4) is 0 Å². The van der Waals surface area contributed by atoms with E-state index in [0.717, 1.165) is 24.2 Å². The molecular formula is C18H28N2O3S2. The van der Waals surface area contributed by atoms with Crippen molar-refractivity contribution in [3.05, 3.63) is 29.8 Å².